The van der Waals surface area contributed by atoms with Crippen LogP contribution in [0.3, 0.4) is 0 Å². The van der Waals surface area contributed by atoms with Gasteiger partial charge < -0.3 is 20.1 Å². The van der Waals surface area contributed by atoms with Crippen molar-refractivity contribution in [3.63, 3.8) is 0 Å². The Labute approximate surface area is 162 Å². The number of ether oxygens (including phenoxy) is 2. The molecule has 2 aromatic rings. The maximum atomic E-state index is 12.4. The van der Waals surface area contributed by atoms with E-state index in [-0.39, 0.29) is 12.5 Å². The van der Waals surface area contributed by atoms with Crippen LogP contribution in [0.2, 0.25) is 5.02 Å². The Kier molecular flexibility index (Phi) is 5.56. The fourth-order valence-corrected chi connectivity index (χ4v) is 3.33. The predicted molar refractivity (Wildman–Crippen MR) is 104 cm³/mol. The second kappa shape index (κ2) is 7.88. The molecule has 6 nitrogen and oxygen atoms in total. The molecule has 0 unspecified atom stereocenters. The van der Waals surface area contributed by atoms with Crippen LogP contribution in [-0.4, -0.2) is 31.6 Å². The smallest absolute Gasteiger partial charge is 0.251 e. The molecule has 142 valence electrons. The number of aryl methyl sites for hydroxylation is 3. The van der Waals surface area contributed by atoms with Gasteiger partial charge in [-0.1, -0.05) is 29.3 Å². The van der Waals surface area contributed by atoms with Crippen molar-refractivity contribution in [2.75, 3.05) is 25.1 Å². The Hall–Kier alpha value is -2.73. The van der Waals surface area contributed by atoms with Gasteiger partial charge in [0.1, 0.15) is 13.2 Å². The molecule has 27 heavy (non-hydrogen) atoms. The molecule has 0 fully saturated rings. The van der Waals surface area contributed by atoms with Gasteiger partial charge in [0, 0.05) is 11.3 Å². The number of halogens is 1. The van der Waals surface area contributed by atoms with Crippen LogP contribution in [0.15, 0.2) is 24.3 Å². The van der Waals surface area contributed by atoms with E-state index < -0.39 is 5.91 Å². The van der Waals surface area contributed by atoms with E-state index >= 15 is 0 Å². The van der Waals surface area contributed by atoms with Crippen molar-refractivity contribution in [2.45, 2.75) is 20.8 Å². The number of rotatable bonds is 4. The van der Waals surface area contributed by atoms with E-state index in [0.29, 0.717) is 35.3 Å². The summed E-state index contributed by atoms with van der Waals surface area (Å²) in [5, 5.41) is 5.75. The third-order valence-corrected chi connectivity index (χ3v) is 4.49. The van der Waals surface area contributed by atoms with E-state index in [4.69, 9.17) is 21.1 Å². The number of carbonyl (C=O) groups excluding carboxylic acids is 2. The zero-order chi connectivity index (χ0) is 19.6. The summed E-state index contributed by atoms with van der Waals surface area (Å²) >= 11 is 6.14. The molecule has 1 aliphatic heterocycles. The first-order valence-corrected chi connectivity index (χ1v) is 8.98. The number of anilines is 1. The van der Waals surface area contributed by atoms with Gasteiger partial charge in [0.15, 0.2) is 11.5 Å². The van der Waals surface area contributed by atoms with E-state index in [9.17, 15) is 9.59 Å². The number of carbonyl (C=O) groups is 2. The lowest BCUT2D eigenvalue weighted by Crippen LogP contribution is -2.33. The maximum Gasteiger partial charge on any atom is 0.251 e. The van der Waals surface area contributed by atoms with Crippen molar-refractivity contribution in [1.82, 2.24) is 5.32 Å². The van der Waals surface area contributed by atoms with Gasteiger partial charge in [-0.3, -0.25) is 9.59 Å². The molecule has 7 heteroatoms. The second-order valence-electron chi connectivity index (χ2n) is 6.49. The zero-order valence-corrected chi connectivity index (χ0v) is 16.2. The topological polar surface area (TPSA) is 76.7 Å². The summed E-state index contributed by atoms with van der Waals surface area (Å²) in [6.45, 7) is 6.53. The largest absolute Gasteiger partial charge is 0.486 e. The molecule has 0 bridgehead atoms. The standard InChI is InChI=1S/C20H21ClN2O4/c1-11-6-12(2)18(13(3)7-11)23-17(24)10-22-20(25)14-8-15(21)19-16(9-14)26-4-5-27-19/h6-9H,4-5,10H2,1-3H3,(H,22,25)(H,23,24). The third kappa shape index (κ3) is 4.34. The van der Waals surface area contributed by atoms with Crippen LogP contribution in [0.5, 0.6) is 11.5 Å². The summed E-state index contributed by atoms with van der Waals surface area (Å²) in [5.41, 5.74) is 4.16. The van der Waals surface area contributed by atoms with Crippen LogP contribution in [0.4, 0.5) is 5.69 Å². The summed E-state index contributed by atoms with van der Waals surface area (Å²) < 4.78 is 10.9. The Balaban J connectivity index is 1.64. The van der Waals surface area contributed by atoms with Crippen LogP contribution in [0.1, 0.15) is 27.0 Å². The predicted octanol–water partition coefficient (Wildman–Crippen LogP) is 3.40. The molecule has 0 saturated carbocycles. The lowest BCUT2D eigenvalue weighted by Gasteiger charge is -2.20. The molecule has 0 atom stereocenters. The van der Waals surface area contributed by atoms with Crippen molar-refractivity contribution in [3.05, 3.63) is 51.5 Å². The molecule has 2 aromatic carbocycles. The number of hydrogen-bond donors (Lipinski definition) is 2. The summed E-state index contributed by atoms with van der Waals surface area (Å²) in [5.74, 6) is 0.139. The lowest BCUT2D eigenvalue weighted by atomic mass is 10.1. The maximum absolute atomic E-state index is 12.4. The SMILES string of the molecule is Cc1cc(C)c(NC(=O)CNC(=O)c2cc(Cl)c3c(c2)OCCO3)c(C)c1. The van der Waals surface area contributed by atoms with E-state index in [1.807, 2.05) is 32.9 Å². The quantitative estimate of drug-likeness (QED) is 0.841. The molecule has 0 saturated heterocycles. The first-order valence-electron chi connectivity index (χ1n) is 8.60. The highest BCUT2D eigenvalue weighted by atomic mass is 35.5. The lowest BCUT2D eigenvalue weighted by molar-refractivity contribution is -0.115. The minimum absolute atomic E-state index is 0.155. The minimum Gasteiger partial charge on any atom is -0.486 e. The van der Waals surface area contributed by atoms with Gasteiger partial charge in [-0.2, -0.15) is 0 Å². The van der Waals surface area contributed by atoms with Crippen LogP contribution in [0.25, 0.3) is 0 Å². The van der Waals surface area contributed by atoms with Gasteiger partial charge >= 0.3 is 0 Å². The Bertz CT molecular complexity index is 888. The molecular weight excluding hydrogens is 368 g/mol. The van der Waals surface area contributed by atoms with Crippen molar-refractivity contribution in [3.8, 4) is 11.5 Å². The van der Waals surface area contributed by atoms with Crippen LogP contribution >= 0.6 is 11.6 Å². The van der Waals surface area contributed by atoms with E-state index in [1.54, 1.807) is 6.07 Å². The summed E-state index contributed by atoms with van der Waals surface area (Å²) in [7, 11) is 0. The van der Waals surface area contributed by atoms with Crippen LogP contribution in [-0.2, 0) is 4.79 Å². The molecule has 0 aliphatic carbocycles. The number of hydrogen-bond acceptors (Lipinski definition) is 4. The minimum atomic E-state index is -0.415. The molecule has 3 rings (SSSR count). The Morgan fingerprint density at radius 2 is 1.70 bits per heavy atom. The van der Waals surface area contributed by atoms with Gasteiger partial charge in [0.2, 0.25) is 5.91 Å². The Morgan fingerprint density at radius 1 is 1.04 bits per heavy atom. The average molecular weight is 389 g/mol. The fraction of sp³-hybridized carbons (Fsp3) is 0.300. The highest BCUT2D eigenvalue weighted by Gasteiger charge is 2.19. The van der Waals surface area contributed by atoms with Crippen LogP contribution < -0.4 is 20.1 Å². The third-order valence-electron chi connectivity index (χ3n) is 4.21. The number of nitrogens with one attached hydrogen (secondary N) is 2. The molecule has 0 spiro atoms. The van der Waals surface area contributed by atoms with Gasteiger partial charge in [-0.05, 0) is 44.0 Å². The molecule has 1 heterocycles. The van der Waals surface area contributed by atoms with Gasteiger partial charge in [-0.25, -0.2) is 0 Å². The zero-order valence-electron chi connectivity index (χ0n) is 15.4. The first kappa shape index (κ1) is 19.0. The number of fused-ring (bicyclic) bond motifs is 1. The van der Waals surface area contributed by atoms with E-state index in [2.05, 4.69) is 10.6 Å². The van der Waals surface area contributed by atoms with Crippen molar-refractivity contribution in [2.24, 2.45) is 0 Å². The molecular formula is C20H21ClN2O4. The summed E-state index contributed by atoms with van der Waals surface area (Å²) in [6.07, 6.45) is 0. The summed E-state index contributed by atoms with van der Waals surface area (Å²) in [6, 6.07) is 7.05. The number of amides is 2. The van der Waals surface area contributed by atoms with E-state index in [1.165, 1.54) is 6.07 Å². The van der Waals surface area contributed by atoms with Gasteiger partial charge in [0.05, 0.1) is 11.6 Å². The highest BCUT2D eigenvalue weighted by molar-refractivity contribution is 6.32. The van der Waals surface area contributed by atoms with E-state index in [0.717, 1.165) is 22.4 Å². The van der Waals surface area contributed by atoms with Crippen molar-refractivity contribution >= 4 is 29.1 Å². The van der Waals surface area contributed by atoms with Crippen molar-refractivity contribution in [1.29, 1.82) is 0 Å². The fourth-order valence-electron chi connectivity index (χ4n) is 3.07. The first-order chi connectivity index (χ1) is 12.8. The van der Waals surface area contributed by atoms with Crippen LogP contribution in [0, 0.1) is 20.8 Å². The average Bonchev–Trinajstić information content (AvgIpc) is 2.62. The van der Waals surface area contributed by atoms with Crippen molar-refractivity contribution < 1.29 is 19.1 Å². The molecule has 0 radical (unpaired) electrons. The highest BCUT2D eigenvalue weighted by Crippen LogP contribution is 2.38. The van der Waals surface area contributed by atoms with Gasteiger partial charge in [-0.15, -0.1) is 0 Å². The normalized spacial score (nSPS) is 12.4. The Morgan fingerprint density at radius 3 is 2.41 bits per heavy atom. The number of benzene rings is 2. The monoisotopic (exact) mass is 388 g/mol. The van der Waals surface area contributed by atoms with Gasteiger partial charge in [0.25, 0.3) is 5.91 Å². The summed E-state index contributed by atoms with van der Waals surface area (Å²) in [4.78, 5) is 24.6. The molecule has 2 amide bonds. The second-order valence-corrected chi connectivity index (χ2v) is 6.89. The molecule has 2 N–H and O–H groups in total. The molecule has 0 aromatic heterocycles. The molecule has 1 aliphatic rings.